The predicted octanol–water partition coefficient (Wildman–Crippen LogP) is 4.90. The fourth-order valence-corrected chi connectivity index (χ4v) is 3.50. The van der Waals surface area contributed by atoms with Crippen molar-refractivity contribution in [3.05, 3.63) is 57.7 Å². The fourth-order valence-electron chi connectivity index (χ4n) is 2.34. The highest BCUT2D eigenvalue weighted by Gasteiger charge is 2.13. The van der Waals surface area contributed by atoms with Crippen molar-refractivity contribution in [1.29, 1.82) is 0 Å². The van der Waals surface area contributed by atoms with Gasteiger partial charge in [0.25, 0.3) is 0 Å². The summed E-state index contributed by atoms with van der Waals surface area (Å²) in [7, 11) is 0. The monoisotopic (exact) mass is 364 g/mol. The van der Waals surface area contributed by atoms with Crippen molar-refractivity contribution in [1.82, 2.24) is 10.3 Å². The number of aromatic nitrogens is 1. The summed E-state index contributed by atoms with van der Waals surface area (Å²) in [5.41, 5.74) is 4.05. The average molecular weight is 365 g/mol. The quantitative estimate of drug-likeness (QED) is 0.737. The number of nitrogens with one attached hydrogen (secondary N) is 1. The molecule has 0 aliphatic carbocycles. The number of rotatable bonds is 6. The lowest BCUT2D eigenvalue weighted by molar-refractivity contribution is 0.603. The zero-order valence-electron chi connectivity index (χ0n) is 12.7. The van der Waals surface area contributed by atoms with Crippen LogP contribution in [0.2, 0.25) is 0 Å². The Kier molecular flexibility index (Phi) is 6.27. The molecule has 1 unspecified atom stereocenters. The number of nitrogens with zero attached hydrogens (tertiary/aromatic N) is 1. The summed E-state index contributed by atoms with van der Waals surface area (Å²) in [4.78, 5) is 4.43. The summed E-state index contributed by atoms with van der Waals surface area (Å²) in [6, 6.07) is 11.1. The van der Waals surface area contributed by atoms with E-state index in [2.05, 4.69) is 71.3 Å². The van der Waals surface area contributed by atoms with Gasteiger partial charge in [-0.15, -0.1) is 11.8 Å². The van der Waals surface area contributed by atoms with E-state index >= 15 is 0 Å². The number of halogens is 1. The van der Waals surface area contributed by atoms with Crippen molar-refractivity contribution in [3.8, 4) is 0 Å². The Bertz CT molecular complexity index is 584. The minimum Gasteiger partial charge on any atom is -0.309 e. The predicted molar refractivity (Wildman–Crippen MR) is 95.0 cm³/mol. The molecule has 0 saturated heterocycles. The first kappa shape index (κ1) is 16.5. The lowest BCUT2D eigenvalue weighted by Gasteiger charge is -2.20. The summed E-state index contributed by atoms with van der Waals surface area (Å²) in [6.45, 7) is 7.44. The molecule has 0 fully saturated rings. The maximum Gasteiger partial charge on any atom is 0.0961 e. The van der Waals surface area contributed by atoms with Crippen LogP contribution < -0.4 is 5.32 Å². The molecular formula is C17H21BrN2S. The molecule has 2 aromatic rings. The van der Waals surface area contributed by atoms with E-state index in [0.717, 1.165) is 21.8 Å². The standard InChI is InChI=1S/C17H21BrN2S/c1-4-19-16(15-7-5-12(2)9-13(15)3)11-21-17-8-6-14(18)10-20-17/h5-10,16,19H,4,11H2,1-3H3. The van der Waals surface area contributed by atoms with Gasteiger partial charge in [0.15, 0.2) is 0 Å². The van der Waals surface area contributed by atoms with Gasteiger partial charge in [0, 0.05) is 22.5 Å². The maximum absolute atomic E-state index is 4.43. The number of thioether (sulfide) groups is 1. The SMILES string of the molecule is CCNC(CSc1ccc(Br)cn1)c1ccc(C)cc1C. The molecule has 0 aliphatic rings. The van der Waals surface area contributed by atoms with Gasteiger partial charge in [0.1, 0.15) is 0 Å². The molecule has 0 saturated carbocycles. The van der Waals surface area contributed by atoms with Crippen molar-refractivity contribution < 1.29 is 0 Å². The molecule has 0 spiro atoms. The summed E-state index contributed by atoms with van der Waals surface area (Å²) < 4.78 is 1.02. The molecule has 1 heterocycles. The van der Waals surface area contributed by atoms with Crippen LogP contribution in [0.15, 0.2) is 46.0 Å². The van der Waals surface area contributed by atoms with Gasteiger partial charge in [-0.1, -0.05) is 30.7 Å². The third-order valence-electron chi connectivity index (χ3n) is 3.35. The average Bonchev–Trinajstić information content (AvgIpc) is 2.46. The van der Waals surface area contributed by atoms with Crippen molar-refractivity contribution in [3.63, 3.8) is 0 Å². The highest BCUT2D eigenvalue weighted by Crippen LogP contribution is 2.26. The van der Waals surface area contributed by atoms with Crippen LogP contribution >= 0.6 is 27.7 Å². The van der Waals surface area contributed by atoms with Crippen LogP contribution in [0.25, 0.3) is 0 Å². The Morgan fingerprint density at radius 1 is 1.24 bits per heavy atom. The highest BCUT2D eigenvalue weighted by atomic mass is 79.9. The first-order valence-electron chi connectivity index (χ1n) is 7.15. The maximum atomic E-state index is 4.43. The summed E-state index contributed by atoms with van der Waals surface area (Å²) in [5, 5.41) is 4.64. The molecule has 1 atom stereocenters. The van der Waals surface area contributed by atoms with E-state index in [1.807, 2.05) is 12.3 Å². The Morgan fingerprint density at radius 3 is 2.67 bits per heavy atom. The van der Waals surface area contributed by atoms with Crippen LogP contribution in [0, 0.1) is 13.8 Å². The summed E-state index contributed by atoms with van der Waals surface area (Å²) in [5.74, 6) is 0.979. The van der Waals surface area contributed by atoms with Gasteiger partial charge in [-0.2, -0.15) is 0 Å². The Hall–Kier alpha value is -0.840. The third kappa shape index (κ3) is 4.83. The van der Waals surface area contributed by atoms with Gasteiger partial charge in [0.2, 0.25) is 0 Å². The minimum atomic E-state index is 0.353. The van der Waals surface area contributed by atoms with Crippen molar-refractivity contribution in [2.75, 3.05) is 12.3 Å². The van der Waals surface area contributed by atoms with Crippen LogP contribution in [0.1, 0.15) is 29.7 Å². The van der Waals surface area contributed by atoms with E-state index in [1.54, 1.807) is 11.8 Å². The third-order valence-corrected chi connectivity index (χ3v) is 4.86. The molecule has 112 valence electrons. The van der Waals surface area contributed by atoms with E-state index in [9.17, 15) is 0 Å². The van der Waals surface area contributed by atoms with Crippen LogP contribution in [0.3, 0.4) is 0 Å². The van der Waals surface area contributed by atoms with Gasteiger partial charge >= 0.3 is 0 Å². The van der Waals surface area contributed by atoms with Crippen molar-refractivity contribution in [2.45, 2.75) is 31.8 Å². The zero-order chi connectivity index (χ0) is 15.2. The fraction of sp³-hybridized carbons (Fsp3) is 0.353. The lowest BCUT2D eigenvalue weighted by Crippen LogP contribution is -2.23. The number of aryl methyl sites for hydroxylation is 2. The van der Waals surface area contributed by atoms with Crippen molar-refractivity contribution in [2.24, 2.45) is 0 Å². The summed E-state index contributed by atoms with van der Waals surface area (Å²) >= 11 is 5.21. The second-order valence-corrected chi connectivity index (χ2v) is 7.05. The molecule has 2 nitrogen and oxygen atoms in total. The minimum absolute atomic E-state index is 0.353. The van der Waals surface area contributed by atoms with Gasteiger partial charge in [-0.05, 0) is 59.6 Å². The molecule has 0 aliphatic heterocycles. The van der Waals surface area contributed by atoms with Gasteiger partial charge in [-0.25, -0.2) is 4.98 Å². The number of hydrogen-bond donors (Lipinski definition) is 1. The molecule has 21 heavy (non-hydrogen) atoms. The summed E-state index contributed by atoms with van der Waals surface area (Å²) in [6.07, 6.45) is 1.85. The molecule has 1 aromatic heterocycles. The van der Waals surface area contributed by atoms with E-state index in [0.29, 0.717) is 6.04 Å². The lowest BCUT2D eigenvalue weighted by atomic mass is 10.0. The molecule has 0 radical (unpaired) electrons. The molecular weight excluding hydrogens is 344 g/mol. The first-order chi connectivity index (χ1) is 10.1. The van der Waals surface area contributed by atoms with Crippen LogP contribution in [-0.2, 0) is 0 Å². The molecule has 0 amide bonds. The number of benzene rings is 1. The van der Waals surface area contributed by atoms with Gasteiger partial charge in [0.05, 0.1) is 5.03 Å². The number of pyridine rings is 1. The largest absolute Gasteiger partial charge is 0.309 e. The molecule has 2 rings (SSSR count). The van der Waals surface area contributed by atoms with E-state index in [-0.39, 0.29) is 0 Å². The second kappa shape index (κ2) is 7.97. The normalized spacial score (nSPS) is 12.4. The van der Waals surface area contributed by atoms with E-state index < -0.39 is 0 Å². The Morgan fingerprint density at radius 2 is 2.05 bits per heavy atom. The van der Waals surface area contributed by atoms with Crippen LogP contribution in [-0.4, -0.2) is 17.3 Å². The van der Waals surface area contributed by atoms with E-state index in [1.165, 1.54) is 16.7 Å². The highest BCUT2D eigenvalue weighted by molar-refractivity contribution is 9.10. The Labute approximate surface area is 139 Å². The van der Waals surface area contributed by atoms with Crippen molar-refractivity contribution >= 4 is 27.7 Å². The molecule has 4 heteroatoms. The Balaban J connectivity index is 2.09. The first-order valence-corrected chi connectivity index (χ1v) is 8.93. The van der Waals surface area contributed by atoms with Crippen LogP contribution in [0.5, 0.6) is 0 Å². The number of hydrogen-bond acceptors (Lipinski definition) is 3. The van der Waals surface area contributed by atoms with Gasteiger partial charge < -0.3 is 5.32 Å². The smallest absolute Gasteiger partial charge is 0.0961 e. The van der Waals surface area contributed by atoms with Gasteiger partial charge in [-0.3, -0.25) is 0 Å². The van der Waals surface area contributed by atoms with E-state index in [4.69, 9.17) is 0 Å². The topological polar surface area (TPSA) is 24.9 Å². The second-order valence-electron chi connectivity index (χ2n) is 5.10. The van der Waals surface area contributed by atoms with Crippen LogP contribution in [0.4, 0.5) is 0 Å². The molecule has 0 bridgehead atoms. The molecule has 1 N–H and O–H groups in total. The zero-order valence-corrected chi connectivity index (χ0v) is 15.1. The molecule has 1 aromatic carbocycles.